The van der Waals surface area contributed by atoms with Crippen LogP contribution in [0.25, 0.3) is 10.9 Å². The van der Waals surface area contributed by atoms with Gasteiger partial charge in [0.1, 0.15) is 0 Å². The van der Waals surface area contributed by atoms with E-state index in [1.165, 1.54) is 0 Å². The molecule has 3 N–H and O–H groups in total. The Kier molecular flexibility index (Phi) is 3.21. The Morgan fingerprint density at radius 3 is 3.21 bits per heavy atom. The lowest BCUT2D eigenvalue weighted by Gasteiger charge is -2.27. The summed E-state index contributed by atoms with van der Waals surface area (Å²) in [5.74, 6) is 0.641. The quantitative estimate of drug-likeness (QED) is 0.770. The fraction of sp³-hybridized carbons (Fsp3) is 0.429. The predicted molar refractivity (Wildman–Crippen MR) is 74.9 cm³/mol. The SMILES string of the molecule is CC1CCNC(C(=O)Nc2cccc3[nH]ncc23)C1. The van der Waals surface area contributed by atoms with Crippen LogP contribution in [0.4, 0.5) is 5.69 Å². The highest BCUT2D eigenvalue weighted by atomic mass is 16.2. The van der Waals surface area contributed by atoms with E-state index in [1.54, 1.807) is 6.20 Å². The molecule has 2 aromatic rings. The summed E-state index contributed by atoms with van der Waals surface area (Å²) in [5, 5.41) is 14.1. The first-order valence-corrected chi connectivity index (χ1v) is 6.70. The molecule has 1 aliphatic heterocycles. The van der Waals surface area contributed by atoms with Gasteiger partial charge in [-0.1, -0.05) is 13.0 Å². The minimum Gasteiger partial charge on any atom is -0.324 e. The zero-order chi connectivity index (χ0) is 13.2. The van der Waals surface area contributed by atoms with Gasteiger partial charge >= 0.3 is 0 Å². The fourth-order valence-electron chi connectivity index (χ4n) is 2.60. The Bertz CT molecular complexity index is 592. The van der Waals surface area contributed by atoms with Crippen LogP contribution in [0, 0.1) is 5.92 Å². The topological polar surface area (TPSA) is 69.8 Å². The van der Waals surface area contributed by atoms with Gasteiger partial charge in [0.25, 0.3) is 0 Å². The van der Waals surface area contributed by atoms with E-state index in [0.29, 0.717) is 5.92 Å². The first-order chi connectivity index (χ1) is 9.24. The lowest BCUT2D eigenvalue weighted by Crippen LogP contribution is -2.45. The molecule has 1 fully saturated rings. The lowest BCUT2D eigenvalue weighted by atomic mass is 9.94. The summed E-state index contributed by atoms with van der Waals surface area (Å²) >= 11 is 0. The second-order valence-corrected chi connectivity index (χ2v) is 5.26. The number of piperidine rings is 1. The molecule has 100 valence electrons. The molecule has 0 saturated carbocycles. The van der Waals surface area contributed by atoms with E-state index in [2.05, 4.69) is 27.8 Å². The molecule has 2 heterocycles. The highest BCUT2D eigenvalue weighted by molar-refractivity contribution is 6.02. The van der Waals surface area contributed by atoms with Crippen LogP contribution < -0.4 is 10.6 Å². The van der Waals surface area contributed by atoms with E-state index in [4.69, 9.17) is 0 Å². The number of carbonyl (C=O) groups excluding carboxylic acids is 1. The van der Waals surface area contributed by atoms with E-state index < -0.39 is 0 Å². The van der Waals surface area contributed by atoms with Gasteiger partial charge in [0.2, 0.25) is 5.91 Å². The predicted octanol–water partition coefficient (Wildman–Crippen LogP) is 1.89. The Labute approximate surface area is 111 Å². The number of aromatic amines is 1. The highest BCUT2D eigenvalue weighted by Crippen LogP contribution is 2.22. The van der Waals surface area contributed by atoms with Crippen LogP contribution in [0.15, 0.2) is 24.4 Å². The summed E-state index contributed by atoms with van der Waals surface area (Å²) in [6, 6.07) is 5.67. The van der Waals surface area contributed by atoms with Crippen LogP contribution >= 0.6 is 0 Å². The third kappa shape index (κ3) is 2.46. The Morgan fingerprint density at radius 1 is 1.47 bits per heavy atom. The van der Waals surface area contributed by atoms with Crippen molar-refractivity contribution in [2.24, 2.45) is 5.92 Å². The molecule has 0 radical (unpaired) electrons. The molecule has 5 nitrogen and oxygen atoms in total. The van der Waals surface area contributed by atoms with Crippen LogP contribution in [0.5, 0.6) is 0 Å². The van der Waals surface area contributed by atoms with Crippen molar-refractivity contribution >= 4 is 22.5 Å². The van der Waals surface area contributed by atoms with E-state index in [-0.39, 0.29) is 11.9 Å². The molecule has 19 heavy (non-hydrogen) atoms. The number of aromatic nitrogens is 2. The van der Waals surface area contributed by atoms with Crippen molar-refractivity contribution in [1.29, 1.82) is 0 Å². The van der Waals surface area contributed by atoms with Crippen molar-refractivity contribution in [3.63, 3.8) is 0 Å². The van der Waals surface area contributed by atoms with Crippen LogP contribution in [0.1, 0.15) is 19.8 Å². The highest BCUT2D eigenvalue weighted by Gasteiger charge is 2.24. The summed E-state index contributed by atoms with van der Waals surface area (Å²) in [4.78, 5) is 12.3. The molecule has 0 spiro atoms. The number of fused-ring (bicyclic) bond motifs is 1. The molecular weight excluding hydrogens is 240 g/mol. The van der Waals surface area contributed by atoms with Crippen LogP contribution in [-0.2, 0) is 4.79 Å². The van der Waals surface area contributed by atoms with Gasteiger partial charge in [-0.05, 0) is 37.4 Å². The van der Waals surface area contributed by atoms with E-state index in [1.807, 2.05) is 18.2 Å². The summed E-state index contributed by atoms with van der Waals surface area (Å²) in [5.41, 5.74) is 1.75. The molecule has 1 aliphatic rings. The molecule has 5 heteroatoms. The van der Waals surface area contributed by atoms with Gasteiger partial charge in [-0.15, -0.1) is 0 Å². The first-order valence-electron chi connectivity index (χ1n) is 6.70. The van der Waals surface area contributed by atoms with E-state index >= 15 is 0 Å². The summed E-state index contributed by atoms with van der Waals surface area (Å²) in [7, 11) is 0. The molecule has 0 aliphatic carbocycles. The average molecular weight is 258 g/mol. The van der Waals surface area contributed by atoms with Crippen LogP contribution in [-0.4, -0.2) is 28.7 Å². The van der Waals surface area contributed by atoms with Gasteiger partial charge in [-0.25, -0.2) is 0 Å². The van der Waals surface area contributed by atoms with Crippen molar-refractivity contribution in [2.45, 2.75) is 25.8 Å². The van der Waals surface area contributed by atoms with Crippen molar-refractivity contribution < 1.29 is 4.79 Å². The second-order valence-electron chi connectivity index (χ2n) is 5.26. The molecule has 3 rings (SSSR count). The first kappa shape index (κ1) is 12.2. The molecule has 1 amide bonds. The summed E-state index contributed by atoms with van der Waals surface area (Å²) < 4.78 is 0. The van der Waals surface area contributed by atoms with Gasteiger partial charge in [-0.2, -0.15) is 5.10 Å². The lowest BCUT2D eigenvalue weighted by molar-refractivity contribution is -0.119. The largest absolute Gasteiger partial charge is 0.324 e. The Morgan fingerprint density at radius 2 is 2.37 bits per heavy atom. The number of amides is 1. The average Bonchev–Trinajstić information content (AvgIpc) is 2.88. The molecule has 0 bridgehead atoms. The maximum Gasteiger partial charge on any atom is 0.241 e. The standard InChI is InChI=1S/C14H18N4O/c1-9-5-6-15-13(7-9)14(19)17-11-3-2-4-12-10(11)8-16-18-12/h2-4,8-9,13,15H,5-7H2,1H3,(H,16,18)(H,17,19). The number of carbonyl (C=O) groups is 1. The number of rotatable bonds is 2. The number of H-pyrrole nitrogens is 1. The Hall–Kier alpha value is -1.88. The zero-order valence-corrected chi connectivity index (χ0v) is 10.9. The second kappa shape index (κ2) is 5.01. The third-order valence-electron chi connectivity index (χ3n) is 3.73. The van der Waals surface area contributed by atoms with Gasteiger partial charge in [0.05, 0.1) is 23.4 Å². The van der Waals surface area contributed by atoms with E-state index in [0.717, 1.165) is 36.0 Å². The van der Waals surface area contributed by atoms with Gasteiger partial charge < -0.3 is 10.6 Å². The number of nitrogens with zero attached hydrogens (tertiary/aromatic N) is 1. The fourth-order valence-corrected chi connectivity index (χ4v) is 2.60. The van der Waals surface area contributed by atoms with Crippen LogP contribution in [0.3, 0.4) is 0 Å². The van der Waals surface area contributed by atoms with Gasteiger partial charge in [-0.3, -0.25) is 9.89 Å². The molecule has 1 aromatic heterocycles. The normalized spacial score (nSPS) is 23.4. The number of benzene rings is 1. The monoisotopic (exact) mass is 258 g/mol. The number of anilines is 1. The number of hydrogen-bond donors (Lipinski definition) is 3. The smallest absolute Gasteiger partial charge is 0.241 e. The minimum absolute atomic E-state index is 0.0419. The molecule has 2 atom stereocenters. The number of hydrogen-bond acceptors (Lipinski definition) is 3. The van der Waals surface area contributed by atoms with Crippen molar-refractivity contribution in [1.82, 2.24) is 15.5 Å². The maximum atomic E-state index is 12.3. The minimum atomic E-state index is -0.0918. The summed E-state index contributed by atoms with van der Waals surface area (Å²) in [6.07, 6.45) is 3.77. The molecular formula is C14H18N4O. The van der Waals surface area contributed by atoms with Crippen molar-refractivity contribution in [3.05, 3.63) is 24.4 Å². The van der Waals surface area contributed by atoms with Gasteiger partial charge in [0.15, 0.2) is 0 Å². The van der Waals surface area contributed by atoms with Crippen LogP contribution in [0.2, 0.25) is 0 Å². The van der Waals surface area contributed by atoms with Gasteiger partial charge in [0, 0.05) is 5.39 Å². The molecule has 1 aromatic carbocycles. The molecule has 1 saturated heterocycles. The number of nitrogens with one attached hydrogen (secondary N) is 3. The van der Waals surface area contributed by atoms with Crippen molar-refractivity contribution in [2.75, 3.05) is 11.9 Å². The maximum absolute atomic E-state index is 12.3. The van der Waals surface area contributed by atoms with Crippen molar-refractivity contribution in [3.8, 4) is 0 Å². The van der Waals surface area contributed by atoms with E-state index in [9.17, 15) is 4.79 Å². The Balaban J connectivity index is 1.77. The molecule has 2 unspecified atom stereocenters. The zero-order valence-electron chi connectivity index (χ0n) is 10.9. The summed E-state index contributed by atoms with van der Waals surface area (Å²) in [6.45, 7) is 3.10. The third-order valence-corrected chi connectivity index (χ3v) is 3.73.